The van der Waals surface area contributed by atoms with Gasteiger partial charge in [0.05, 0.1) is 14.2 Å². The SMILES string of the molecule is COc1cccc(/C=C/C(=O)NCCSc2ccccc2)c1OC. The molecule has 0 atom stereocenters. The second-order valence-electron chi connectivity index (χ2n) is 4.87. The number of hydrogen-bond donors (Lipinski definition) is 1. The molecule has 2 aromatic carbocycles. The number of thioether (sulfide) groups is 1. The molecular weight excluding hydrogens is 322 g/mol. The third-order valence-corrected chi connectivity index (χ3v) is 4.27. The standard InChI is InChI=1S/C19H21NO3S/c1-22-17-10-6-7-15(19(17)23-2)11-12-18(21)20-13-14-24-16-8-4-3-5-9-16/h3-12H,13-14H2,1-2H3,(H,20,21)/b12-11+. The Hall–Kier alpha value is -2.40. The molecule has 0 heterocycles. The smallest absolute Gasteiger partial charge is 0.244 e. The second-order valence-corrected chi connectivity index (χ2v) is 6.04. The highest BCUT2D eigenvalue weighted by Gasteiger charge is 2.07. The molecule has 0 saturated carbocycles. The molecule has 0 aliphatic heterocycles. The van der Waals surface area contributed by atoms with Crippen molar-refractivity contribution in [1.82, 2.24) is 5.32 Å². The van der Waals surface area contributed by atoms with Crippen LogP contribution in [0.15, 0.2) is 59.5 Å². The van der Waals surface area contributed by atoms with Crippen molar-refractivity contribution >= 4 is 23.7 Å². The van der Waals surface area contributed by atoms with Crippen molar-refractivity contribution in [3.63, 3.8) is 0 Å². The number of carbonyl (C=O) groups excluding carboxylic acids is 1. The van der Waals surface area contributed by atoms with E-state index in [2.05, 4.69) is 17.4 Å². The zero-order valence-corrected chi connectivity index (χ0v) is 14.6. The zero-order chi connectivity index (χ0) is 17.2. The molecule has 2 aromatic rings. The summed E-state index contributed by atoms with van der Waals surface area (Å²) in [5, 5.41) is 2.87. The van der Waals surface area contributed by atoms with E-state index >= 15 is 0 Å². The Labute approximate surface area is 146 Å². The van der Waals surface area contributed by atoms with Crippen LogP contribution in [0.5, 0.6) is 11.5 Å². The number of hydrogen-bond acceptors (Lipinski definition) is 4. The van der Waals surface area contributed by atoms with Crippen LogP contribution in [0.4, 0.5) is 0 Å². The minimum absolute atomic E-state index is 0.131. The first-order valence-electron chi connectivity index (χ1n) is 7.59. The van der Waals surface area contributed by atoms with Gasteiger partial charge in [-0.25, -0.2) is 0 Å². The molecular formula is C19H21NO3S. The van der Waals surface area contributed by atoms with Crippen molar-refractivity contribution in [2.24, 2.45) is 0 Å². The summed E-state index contributed by atoms with van der Waals surface area (Å²) in [6.45, 7) is 0.609. The molecule has 126 valence electrons. The molecule has 0 unspecified atom stereocenters. The molecule has 1 amide bonds. The average Bonchev–Trinajstić information content (AvgIpc) is 2.63. The maximum absolute atomic E-state index is 11.9. The number of nitrogens with one attached hydrogen (secondary N) is 1. The van der Waals surface area contributed by atoms with Crippen molar-refractivity contribution in [2.45, 2.75) is 4.90 Å². The molecule has 24 heavy (non-hydrogen) atoms. The largest absolute Gasteiger partial charge is 0.493 e. The van der Waals surface area contributed by atoms with Gasteiger partial charge in [-0.05, 0) is 24.3 Å². The molecule has 2 rings (SSSR count). The van der Waals surface area contributed by atoms with E-state index in [1.165, 1.54) is 11.0 Å². The summed E-state index contributed by atoms with van der Waals surface area (Å²) in [4.78, 5) is 13.1. The predicted molar refractivity (Wildman–Crippen MR) is 98.8 cm³/mol. The number of carbonyl (C=O) groups is 1. The van der Waals surface area contributed by atoms with Gasteiger partial charge in [-0.3, -0.25) is 4.79 Å². The van der Waals surface area contributed by atoms with E-state index in [0.29, 0.717) is 18.0 Å². The van der Waals surface area contributed by atoms with E-state index in [1.54, 1.807) is 32.1 Å². The van der Waals surface area contributed by atoms with Crippen molar-refractivity contribution in [3.8, 4) is 11.5 Å². The minimum Gasteiger partial charge on any atom is -0.493 e. The number of amides is 1. The van der Waals surface area contributed by atoms with Crippen molar-refractivity contribution in [2.75, 3.05) is 26.5 Å². The number of ether oxygens (including phenoxy) is 2. The Morgan fingerprint density at radius 1 is 1.08 bits per heavy atom. The van der Waals surface area contributed by atoms with Gasteiger partial charge in [0, 0.05) is 28.8 Å². The van der Waals surface area contributed by atoms with Crippen LogP contribution in [0.1, 0.15) is 5.56 Å². The van der Waals surface area contributed by atoms with Crippen molar-refractivity contribution in [3.05, 3.63) is 60.2 Å². The Balaban J connectivity index is 1.83. The van der Waals surface area contributed by atoms with Gasteiger partial charge in [-0.15, -0.1) is 11.8 Å². The van der Waals surface area contributed by atoms with Gasteiger partial charge in [-0.1, -0.05) is 30.3 Å². The van der Waals surface area contributed by atoms with E-state index < -0.39 is 0 Å². The molecule has 4 nitrogen and oxygen atoms in total. The third-order valence-electron chi connectivity index (χ3n) is 3.26. The Kier molecular flexibility index (Phi) is 7.23. The maximum Gasteiger partial charge on any atom is 0.244 e. The van der Waals surface area contributed by atoms with Crippen LogP contribution in [0, 0.1) is 0 Å². The van der Waals surface area contributed by atoms with Gasteiger partial charge in [0.2, 0.25) is 5.91 Å². The lowest BCUT2D eigenvalue weighted by atomic mass is 10.1. The van der Waals surface area contributed by atoms with E-state index in [9.17, 15) is 4.79 Å². The molecule has 0 aliphatic rings. The molecule has 0 fully saturated rings. The molecule has 0 spiro atoms. The Bertz CT molecular complexity index is 686. The van der Waals surface area contributed by atoms with Crippen molar-refractivity contribution in [1.29, 1.82) is 0 Å². The summed E-state index contributed by atoms with van der Waals surface area (Å²) >= 11 is 1.71. The van der Waals surface area contributed by atoms with Gasteiger partial charge >= 0.3 is 0 Å². The molecule has 0 aliphatic carbocycles. The highest BCUT2D eigenvalue weighted by atomic mass is 32.2. The molecule has 0 bridgehead atoms. The fourth-order valence-corrected chi connectivity index (χ4v) is 2.92. The summed E-state index contributed by atoms with van der Waals surface area (Å²) < 4.78 is 10.6. The Morgan fingerprint density at radius 3 is 2.58 bits per heavy atom. The first-order chi connectivity index (χ1) is 11.7. The molecule has 0 aromatic heterocycles. The van der Waals surface area contributed by atoms with Crippen LogP contribution in [-0.2, 0) is 4.79 Å². The number of methoxy groups -OCH3 is 2. The monoisotopic (exact) mass is 343 g/mol. The van der Waals surface area contributed by atoms with Crippen LogP contribution >= 0.6 is 11.8 Å². The van der Waals surface area contributed by atoms with Gasteiger partial charge in [-0.2, -0.15) is 0 Å². The molecule has 0 saturated heterocycles. The van der Waals surface area contributed by atoms with Crippen LogP contribution in [0.25, 0.3) is 6.08 Å². The zero-order valence-electron chi connectivity index (χ0n) is 13.8. The minimum atomic E-state index is -0.131. The topological polar surface area (TPSA) is 47.6 Å². The van der Waals surface area contributed by atoms with Crippen LogP contribution in [-0.4, -0.2) is 32.4 Å². The lowest BCUT2D eigenvalue weighted by Gasteiger charge is -2.09. The Morgan fingerprint density at radius 2 is 1.88 bits per heavy atom. The van der Waals surface area contributed by atoms with E-state index in [1.807, 2.05) is 36.4 Å². The summed E-state index contributed by atoms with van der Waals surface area (Å²) in [7, 11) is 3.17. The maximum atomic E-state index is 11.9. The lowest BCUT2D eigenvalue weighted by molar-refractivity contribution is -0.116. The van der Waals surface area contributed by atoms with Gasteiger partial charge in [0.1, 0.15) is 0 Å². The summed E-state index contributed by atoms with van der Waals surface area (Å²) in [5.41, 5.74) is 0.797. The van der Waals surface area contributed by atoms with Gasteiger partial charge in [0.15, 0.2) is 11.5 Å². The van der Waals surface area contributed by atoms with Crippen LogP contribution in [0.3, 0.4) is 0 Å². The van der Waals surface area contributed by atoms with E-state index in [4.69, 9.17) is 9.47 Å². The van der Waals surface area contributed by atoms with Crippen LogP contribution in [0.2, 0.25) is 0 Å². The third kappa shape index (κ3) is 5.35. The molecule has 0 radical (unpaired) electrons. The fourth-order valence-electron chi connectivity index (χ4n) is 2.13. The first kappa shape index (κ1) is 17.9. The molecule has 1 N–H and O–H groups in total. The predicted octanol–water partition coefficient (Wildman–Crippen LogP) is 3.63. The van der Waals surface area contributed by atoms with Crippen molar-refractivity contribution < 1.29 is 14.3 Å². The summed E-state index contributed by atoms with van der Waals surface area (Å²) in [6.07, 6.45) is 3.23. The normalized spacial score (nSPS) is 10.6. The van der Waals surface area contributed by atoms with Crippen LogP contribution < -0.4 is 14.8 Å². The number of rotatable bonds is 8. The summed E-state index contributed by atoms with van der Waals surface area (Å²) in [5.74, 6) is 1.95. The van der Waals surface area contributed by atoms with E-state index in [-0.39, 0.29) is 5.91 Å². The number of benzene rings is 2. The first-order valence-corrected chi connectivity index (χ1v) is 8.58. The highest BCUT2D eigenvalue weighted by molar-refractivity contribution is 7.99. The van der Waals surface area contributed by atoms with E-state index in [0.717, 1.165) is 11.3 Å². The fraction of sp³-hybridized carbons (Fsp3) is 0.211. The van der Waals surface area contributed by atoms with Gasteiger partial charge < -0.3 is 14.8 Å². The summed E-state index contributed by atoms with van der Waals surface area (Å²) in [6, 6.07) is 15.7. The number of para-hydroxylation sites is 1. The average molecular weight is 343 g/mol. The lowest BCUT2D eigenvalue weighted by Crippen LogP contribution is -2.23. The van der Waals surface area contributed by atoms with Gasteiger partial charge in [0.25, 0.3) is 0 Å². The second kappa shape index (κ2) is 9.67. The molecule has 5 heteroatoms. The highest BCUT2D eigenvalue weighted by Crippen LogP contribution is 2.31. The quantitative estimate of drug-likeness (QED) is 0.452.